The number of hydrogen-bond donors (Lipinski definition) is 2. The number of esters is 1. The molecule has 2 N–H and O–H groups in total. The Morgan fingerprint density at radius 2 is 2.19 bits per heavy atom. The predicted octanol–water partition coefficient (Wildman–Crippen LogP) is 1.86. The van der Waals surface area contributed by atoms with Gasteiger partial charge in [-0.15, -0.1) is 5.10 Å². The Labute approximate surface area is 179 Å². The molecular formula is C22H22N6O3. The first-order chi connectivity index (χ1) is 14.9. The number of pyridine rings is 1. The van der Waals surface area contributed by atoms with Crippen molar-refractivity contribution in [2.24, 2.45) is 7.05 Å². The third-order valence-electron chi connectivity index (χ3n) is 5.50. The van der Waals surface area contributed by atoms with Gasteiger partial charge in [0.2, 0.25) is 0 Å². The van der Waals surface area contributed by atoms with Crippen LogP contribution in [0.4, 0.5) is 0 Å². The van der Waals surface area contributed by atoms with Crippen LogP contribution in [-0.2, 0) is 24.9 Å². The number of fused-ring (bicyclic) bond motifs is 1. The van der Waals surface area contributed by atoms with Crippen molar-refractivity contribution in [1.29, 1.82) is 5.26 Å². The third kappa shape index (κ3) is 3.91. The molecule has 31 heavy (non-hydrogen) atoms. The van der Waals surface area contributed by atoms with E-state index >= 15 is 0 Å². The lowest BCUT2D eigenvalue weighted by Gasteiger charge is -2.16. The maximum absolute atomic E-state index is 11.7. The van der Waals surface area contributed by atoms with E-state index in [1.54, 1.807) is 29.9 Å². The second-order valence-electron chi connectivity index (χ2n) is 7.50. The van der Waals surface area contributed by atoms with E-state index in [9.17, 15) is 9.90 Å². The van der Waals surface area contributed by atoms with Gasteiger partial charge < -0.3 is 15.2 Å². The SMILES string of the molecule is Cc1cc(-c2nc(CNCC(O)c3ccc4c(c3C)COC4=O)n(C)n2)ncc1C#N. The number of benzene rings is 1. The fraction of sp³-hybridized carbons (Fsp3) is 0.318. The zero-order valence-electron chi connectivity index (χ0n) is 17.5. The van der Waals surface area contributed by atoms with Crippen LogP contribution in [0.25, 0.3) is 11.5 Å². The fourth-order valence-electron chi connectivity index (χ4n) is 3.63. The van der Waals surface area contributed by atoms with Gasteiger partial charge in [0, 0.05) is 25.4 Å². The molecule has 9 heteroatoms. The second kappa shape index (κ2) is 8.26. The number of carbonyl (C=O) groups is 1. The number of aliphatic hydroxyl groups is 1. The molecule has 4 rings (SSSR count). The van der Waals surface area contributed by atoms with Gasteiger partial charge in [0.05, 0.1) is 23.8 Å². The summed E-state index contributed by atoms with van der Waals surface area (Å²) < 4.78 is 6.74. The number of carbonyl (C=O) groups excluding carboxylic acids is 1. The molecule has 9 nitrogen and oxygen atoms in total. The average Bonchev–Trinajstić information content (AvgIpc) is 3.31. The van der Waals surface area contributed by atoms with E-state index in [1.165, 1.54) is 6.20 Å². The second-order valence-corrected chi connectivity index (χ2v) is 7.50. The summed E-state index contributed by atoms with van der Waals surface area (Å²) in [5.41, 5.74) is 4.99. The van der Waals surface area contributed by atoms with Crippen molar-refractivity contribution in [3.05, 3.63) is 63.6 Å². The zero-order chi connectivity index (χ0) is 22.1. The van der Waals surface area contributed by atoms with E-state index < -0.39 is 6.10 Å². The topological polar surface area (TPSA) is 126 Å². The number of nitrogens with one attached hydrogen (secondary N) is 1. The first-order valence-corrected chi connectivity index (χ1v) is 9.84. The standard InChI is InChI=1S/C22H22N6O3/c1-12-6-18(25-8-14(12)7-23)21-26-20(28(3)27-21)10-24-9-19(29)15-4-5-16-17(13(15)2)11-31-22(16)30/h4-6,8,19,24,29H,9-11H2,1-3H3. The van der Waals surface area contributed by atoms with E-state index in [2.05, 4.69) is 26.5 Å². The number of nitrogens with zero attached hydrogens (tertiary/aromatic N) is 5. The minimum Gasteiger partial charge on any atom is -0.457 e. The van der Waals surface area contributed by atoms with Gasteiger partial charge in [-0.1, -0.05) is 6.07 Å². The van der Waals surface area contributed by atoms with Crippen LogP contribution in [0, 0.1) is 25.2 Å². The minimum absolute atomic E-state index is 0.249. The number of aromatic nitrogens is 4. The van der Waals surface area contributed by atoms with Crippen molar-refractivity contribution in [2.45, 2.75) is 33.1 Å². The summed E-state index contributed by atoms with van der Waals surface area (Å²) in [5.74, 6) is 0.851. The van der Waals surface area contributed by atoms with Crippen LogP contribution in [0.5, 0.6) is 0 Å². The van der Waals surface area contributed by atoms with Crippen molar-refractivity contribution >= 4 is 5.97 Å². The molecule has 0 bridgehead atoms. The lowest BCUT2D eigenvalue weighted by atomic mass is 9.95. The number of ether oxygens (including phenoxy) is 1. The van der Waals surface area contributed by atoms with Gasteiger partial charge in [0.15, 0.2) is 5.82 Å². The predicted molar refractivity (Wildman–Crippen MR) is 111 cm³/mol. The van der Waals surface area contributed by atoms with Gasteiger partial charge >= 0.3 is 5.97 Å². The highest BCUT2D eigenvalue weighted by Crippen LogP contribution is 2.28. The molecule has 3 heterocycles. The lowest BCUT2D eigenvalue weighted by Crippen LogP contribution is -2.23. The van der Waals surface area contributed by atoms with E-state index in [0.29, 0.717) is 41.6 Å². The number of cyclic esters (lactones) is 1. The summed E-state index contributed by atoms with van der Waals surface area (Å²) in [5, 5.41) is 27.3. The van der Waals surface area contributed by atoms with Crippen LogP contribution in [-0.4, -0.2) is 37.4 Å². The Balaban J connectivity index is 1.42. The molecule has 1 aromatic carbocycles. The van der Waals surface area contributed by atoms with Gasteiger partial charge in [-0.25, -0.2) is 9.78 Å². The molecule has 0 saturated carbocycles. The molecule has 1 aliphatic heterocycles. The van der Waals surface area contributed by atoms with Crippen LogP contribution in [0.1, 0.15) is 50.1 Å². The Kier molecular flexibility index (Phi) is 5.50. The molecule has 1 aliphatic rings. The van der Waals surface area contributed by atoms with Crippen LogP contribution in [0.3, 0.4) is 0 Å². The summed E-state index contributed by atoms with van der Waals surface area (Å²) in [6.07, 6.45) is 0.781. The summed E-state index contributed by atoms with van der Waals surface area (Å²) in [7, 11) is 1.79. The van der Waals surface area contributed by atoms with Crippen molar-refractivity contribution < 1.29 is 14.6 Å². The van der Waals surface area contributed by atoms with Gasteiger partial charge in [-0.05, 0) is 42.7 Å². The fourth-order valence-corrected chi connectivity index (χ4v) is 3.63. The molecular weight excluding hydrogens is 396 g/mol. The third-order valence-corrected chi connectivity index (χ3v) is 5.50. The van der Waals surface area contributed by atoms with Crippen molar-refractivity contribution in [1.82, 2.24) is 25.1 Å². The number of rotatable bonds is 6. The largest absolute Gasteiger partial charge is 0.457 e. The maximum atomic E-state index is 11.7. The van der Waals surface area contributed by atoms with E-state index in [0.717, 1.165) is 22.3 Å². The van der Waals surface area contributed by atoms with Crippen molar-refractivity contribution in [3.63, 3.8) is 0 Å². The molecule has 0 spiro atoms. The molecule has 0 aliphatic carbocycles. The highest BCUT2D eigenvalue weighted by atomic mass is 16.5. The Morgan fingerprint density at radius 3 is 2.94 bits per heavy atom. The highest BCUT2D eigenvalue weighted by molar-refractivity contribution is 5.93. The molecule has 1 atom stereocenters. The van der Waals surface area contributed by atoms with Crippen molar-refractivity contribution in [3.8, 4) is 17.6 Å². The highest BCUT2D eigenvalue weighted by Gasteiger charge is 2.25. The lowest BCUT2D eigenvalue weighted by molar-refractivity contribution is 0.0535. The van der Waals surface area contributed by atoms with Gasteiger partial charge in [-0.2, -0.15) is 5.26 Å². The van der Waals surface area contributed by atoms with Crippen LogP contribution in [0.15, 0.2) is 24.4 Å². The van der Waals surface area contributed by atoms with Crippen LogP contribution >= 0.6 is 0 Å². The molecule has 0 fully saturated rings. The minimum atomic E-state index is -0.739. The Hall–Kier alpha value is -3.61. The Morgan fingerprint density at radius 1 is 1.39 bits per heavy atom. The molecule has 0 saturated heterocycles. The first-order valence-electron chi connectivity index (χ1n) is 9.84. The van der Waals surface area contributed by atoms with Crippen LogP contribution < -0.4 is 5.32 Å². The maximum Gasteiger partial charge on any atom is 0.338 e. The normalized spacial score (nSPS) is 13.6. The van der Waals surface area contributed by atoms with E-state index in [1.807, 2.05) is 13.8 Å². The van der Waals surface area contributed by atoms with Gasteiger partial charge in [0.1, 0.15) is 24.2 Å². The van der Waals surface area contributed by atoms with Crippen molar-refractivity contribution in [2.75, 3.05) is 6.54 Å². The zero-order valence-corrected chi connectivity index (χ0v) is 17.5. The average molecular weight is 418 g/mol. The van der Waals surface area contributed by atoms with Gasteiger partial charge in [-0.3, -0.25) is 9.67 Å². The number of aryl methyl sites for hydroxylation is 2. The number of aliphatic hydroxyl groups excluding tert-OH is 1. The molecule has 3 aromatic rings. The summed E-state index contributed by atoms with van der Waals surface area (Å²) in [4.78, 5) is 20.5. The molecule has 1 unspecified atom stereocenters. The van der Waals surface area contributed by atoms with Gasteiger partial charge in [0.25, 0.3) is 0 Å². The first kappa shape index (κ1) is 20.7. The Bertz CT molecular complexity index is 1210. The quantitative estimate of drug-likeness (QED) is 0.581. The molecule has 158 valence electrons. The van der Waals surface area contributed by atoms with Crippen LogP contribution in [0.2, 0.25) is 0 Å². The van der Waals surface area contributed by atoms with E-state index in [-0.39, 0.29) is 12.6 Å². The monoisotopic (exact) mass is 418 g/mol. The summed E-state index contributed by atoms with van der Waals surface area (Å²) in [6, 6.07) is 7.36. The number of hydrogen-bond acceptors (Lipinski definition) is 8. The number of nitriles is 1. The summed E-state index contributed by atoms with van der Waals surface area (Å²) in [6.45, 7) is 4.70. The van der Waals surface area contributed by atoms with E-state index in [4.69, 9.17) is 10.00 Å². The molecule has 2 aromatic heterocycles. The smallest absolute Gasteiger partial charge is 0.338 e. The molecule has 0 radical (unpaired) electrons. The molecule has 0 amide bonds. The summed E-state index contributed by atoms with van der Waals surface area (Å²) >= 11 is 0.